The molecule has 0 saturated carbocycles. The summed E-state index contributed by atoms with van der Waals surface area (Å²) in [7, 11) is 3.73. The number of ketones is 1. The predicted molar refractivity (Wildman–Crippen MR) is 127 cm³/mol. The lowest BCUT2D eigenvalue weighted by Crippen LogP contribution is -2.35. The molecule has 7 nitrogen and oxygen atoms in total. The molecule has 0 aromatic heterocycles. The number of ether oxygens (including phenoxy) is 2. The molecule has 1 amide bonds. The first-order chi connectivity index (χ1) is 16.1. The van der Waals surface area contributed by atoms with Crippen molar-refractivity contribution in [3.8, 4) is 11.5 Å². The normalized spacial score (nSPS) is 17.6. The zero-order chi connectivity index (χ0) is 25.0. The monoisotopic (exact) mass is 470 g/mol. The van der Waals surface area contributed by atoms with E-state index in [1.807, 2.05) is 25.9 Å². The first-order valence-corrected chi connectivity index (χ1v) is 11.3. The van der Waals surface area contributed by atoms with E-state index < -0.39 is 29.3 Å². The molecule has 0 spiro atoms. The van der Waals surface area contributed by atoms with Gasteiger partial charge in [-0.2, -0.15) is 0 Å². The number of aliphatic hydroxyl groups excluding tert-OH is 1. The molecule has 2 aromatic rings. The zero-order valence-corrected chi connectivity index (χ0v) is 20.2. The molecule has 1 N–H and O–H groups in total. The Morgan fingerprint density at radius 2 is 1.82 bits per heavy atom. The third-order valence-corrected chi connectivity index (χ3v) is 5.40. The van der Waals surface area contributed by atoms with Crippen LogP contribution in [0.3, 0.4) is 0 Å². The van der Waals surface area contributed by atoms with Crippen LogP contribution in [0.25, 0.3) is 5.76 Å². The molecule has 0 bridgehead atoms. The molecule has 1 aliphatic rings. The van der Waals surface area contributed by atoms with Gasteiger partial charge in [-0.15, -0.1) is 0 Å². The summed E-state index contributed by atoms with van der Waals surface area (Å²) in [6.45, 7) is 6.74. The number of aliphatic hydroxyl groups is 1. The van der Waals surface area contributed by atoms with E-state index in [2.05, 4.69) is 0 Å². The number of benzene rings is 2. The SMILES string of the molecule is CCOc1ccc([C@@H]2C(=C(O)c3ccc(OC(C)C)c(F)c3)C(=O)C(=O)N2CCN(C)C)cc1. The third kappa shape index (κ3) is 5.39. The van der Waals surface area contributed by atoms with Crippen molar-refractivity contribution in [2.45, 2.75) is 32.9 Å². The summed E-state index contributed by atoms with van der Waals surface area (Å²) in [5, 5.41) is 11.1. The van der Waals surface area contributed by atoms with Crippen LogP contribution in [0.4, 0.5) is 4.39 Å². The molecule has 34 heavy (non-hydrogen) atoms. The fourth-order valence-electron chi connectivity index (χ4n) is 3.83. The first-order valence-electron chi connectivity index (χ1n) is 11.3. The summed E-state index contributed by atoms with van der Waals surface area (Å²) < 4.78 is 25.5. The van der Waals surface area contributed by atoms with E-state index in [4.69, 9.17) is 9.47 Å². The van der Waals surface area contributed by atoms with Crippen LogP contribution in [0.5, 0.6) is 11.5 Å². The fraction of sp³-hybridized carbons (Fsp3) is 0.385. The average molecular weight is 471 g/mol. The van der Waals surface area contributed by atoms with Crippen molar-refractivity contribution in [2.75, 3.05) is 33.8 Å². The van der Waals surface area contributed by atoms with Crippen molar-refractivity contribution >= 4 is 17.4 Å². The summed E-state index contributed by atoms with van der Waals surface area (Å²) >= 11 is 0. The van der Waals surface area contributed by atoms with Crippen molar-refractivity contribution in [2.24, 2.45) is 0 Å². The molecular weight excluding hydrogens is 439 g/mol. The van der Waals surface area contributed by atoms with Gasteiger partial charge in [0, 0.05) is 18.7 Å². The lowest BCUT2D eigenvalue weighted by atomic mass is 9.95. The second-order valence-electron chi connectivity index (χ2n) is 8.61. The smallest absolute Gasteiger partial charge is 0.295 e. The van der Waals surface area contributed by atoms with Gasteiger partial charge in [0.25, 0.3) is 11.7 Å². The van der Waals surface area contributed by atoms with Gasteiger partial charge in [-0.25, -0.2) is 4.39 Å². The van der Waals surface area contributed by atoms with Crippen LogP contribution in [0.15, 0.2) is 48.0 Å². The molecule has 1 aliphatic heterocycles. The Morgan fingerprint density at radius 3 is 2.38 bits per heavy atom. The van der Waals surface area contributed by atoms with E-state index in [0.29, 0.717) is 24.5 Å². The van der Waals surface area contributed by atoms with Gasteiger partial charge < -0.3 is 24.4 Å². The van der Waals surface area contributed by atoms with Crippen LogP contribution in [0.2, 0.25) is 0 Å². The molecule has 8 heteroatoms. The minimum atomic E-state index is -0.815. The van der Waals surface area contributed by atoms with Gasteiger partial charge in [-0.3, -0.25) is 9.59 Å². The maximum atomic E-state index is 14.6. The number of halogens is 1. The molecule has 0 radical (unpaired) electrons. The van der Waals surface area contributed by atoms with Crippen LogP contribution in [0, 0.1) is 5.82 Å². The summed E-state index contributed by atoms with van der Waals surface area (Å²) in [6.07, 6.45) is -0.226. The Morgan fingerprint density at radius 1 is 1.15 bits per heavy atom. The predicted octanol–water partition coefficient (Wildman–Crippen LogP) is 3.99. The molecule has 2 aromatic carbocycles. The Balaban J connectivity index is 2.09. The van der Waals surface area contributed by atoms with Crippen LogP contribution in [-0.4, -0.2) is 66.5 Å². The zero-order valence-electron chi connectivity index (χ0n) is 20.2. The van der Waals surface area contributed by atoms with E-state index in [9.17, 15) is 19.1 Å². The Kier molecular flexibility index (Phi) is 7.94. The van der Waals surface area contributed by atoms with E-state index in [1.54, 1.807) is 38.1 Å². The summed E-state index contributed by atoms with van der Waals surface area (Å²) in [5.74, 6) is -1.92. The molecule has 0 unspecified atom stereocenters. The van der Waals surface area contributed by atoms with E-state index in [0.717, 1.165) is 6.07 Å². The second kappa shape index (κ2) is 10.7. The molecule has 1 atom stereocenters. The van der Waals surface area contributed by atoms with E-state index >= 15 is 0 Å². The number of hydrogen-bond acceptors (Lipinski definition) is 6. The number of likely N-dealkylation sites (N-methyl/N-ethyl adjacent to an activating group) is 1. The average Bonchev–Trinajstić information content (AvgIpc) is 3.03. The van der Waals surface area contributed by atoms with Crippen LogP contribution < -0.4 is 9.47 Å². The van der Waals surface area contributed by atoms with Crippen molar-refractivity contribution in [3.63, 3.8) is 0 Å². The van der Waals surface area contributed by atoms with Gasteiger partial charge in [0.15, 0.2) is 11.6 Å². The fourth-order valence-corrected chi connectivity index (χ4v) is 3.83. The van der Waals surface area contributed by atoms with Crippen LogP contribution in [-0.2, 0) is 9.59 Å². The number of amides is 1. The number of rotatable bonds is 9. The van der Waals surface area contributed by atoms with Crippen molar-refractivity contribution in [3.05, 3.63) is 65.0 Å². The number of hydrogen-bond donors (Lipinski definition) is 1. The van der Waals surface area contributed by atoms with Crippen molar-refractivity contribution in [1.29, 1.82) is 0 Å². The van der Waals surface area contributed by atoms with Gasteiger partial charge in [-0.1, -0.05) is 12.1 Å². The van der Waals surface area contributed by atoms with Crippen LogP contribution >= 0.6 is 0 Å². The largest absolute Gasteiger partial charge is 0.507 e. The maximum absolute atomic E-state index is 14.6. The molecule has 3 rings (SSSR count). The molecule has 1 heterocycles. The van der Waals surface area contributed by atoms with Crippen molar-refractivity contribution in [1.82, 2.24) is 9.80 Å². The number of carbonyl (C=O) groups is 2. The summed E-state index contributed by atoms with van der Waals surface area (Å²) in [5.41, 5.74) is 0.656. The van der Waals surface area contributed by atoms with Gasteiger partial charge >= 0.3 is 0 Å². The number of likely N-dealkylation sites (tertiary alicyclic amines) is 1. The van der Waals surface area contributed by atoms with E-state index in [1.165, 1.54) is 17.0 Å². The van der Waals surface area contributed by atoms with Gasteiger partial charge in [0.05, 0.1) is 24.3 Å². The molecule has 1 saturated heterocycles. The quantitative estimate of drug-likeness (QED) is 0.339. The molecular formula is C26H31FN2O5. The highest BCUT2D eigenvalue weighted by atomic mass is 19.1. The lowest BCUT2D eigenvalue weighted by Gasteiger charge is -2.26. The summed E-state index contributed by atoms with van der Waals surface area (Å²) in [4.78, 5) is 29.4. The topological polar surface area (TPSA) is 79.3 Å². The maximum Gasteiger partial charge on any atom is 0.295 e. The standard InChI is InChI=1S/C26H31FN2O5/c1-6-33-19-10-7-17(8-11-19)23-22(25(31)26(32)29(23)14-13-28(4)5)24(30)18-9-12-21(20(27)15-18)34-16(2)3/h7-12,15-16,23,30H,6,13-14H2,1-5H3/t23-/m1/s1. The van der Waals surface area contributed by atoms with Gasteiger partial charge in [0.2, 0.25) is 0 Å². The second-order valence-corrected chi connectivity index (χ2v) is 8.61. The summed E-state index contributed by atoms with van der Waals surface area (Å²) in [6, 6.07) is 10.2. The Hall–Kier alpha value is -3.39. The first kappa shape index (κ1) is 25.2. The number of nitrogens with zero attached hydrogens (tertiary/aromatic N) is 2. The Labute approximate surface area is 199 Å². The minimum Gasteiger partial charge on any atom is -0.507 e. The highest BCUT2D eigenvalue weighted by Gasteiger charge is 2.46. The van der Waals surface area contributed by atoms with Crippen molar-refractivity contribution < 1.29 is 28.6 Å². The van der Waals surface area contributed by atoms with E-state index in [-0.39, 0.29) is 29.5 Å². The Bertz CT molecular complexity index is 1080. The molecule has 1 fully saturated rings. The highest BCUT2D eigenvalue weighted by Crippen LogP contribution is 2.40. The lowest BCUT2D eigenvalue weighted by molar-refractivity contribution is -0.140. The minimum absolute atomic E-state index is 0.0426. The third-order valence-electron chi connectivity index (χ3n) is 5.40. The van der Waals surface area contributed by atoms with Gasteiger partial charge in [0.1, 0.15) is 11.5 Å². The molecule has 0 aliphatic carbocycles. The van der Waals surface area contributed by atoms with Crippen LogP contribution in [0.1, 0.15) is 37.9 Å². The molecule has 182 valence electrons. The van der Waals surface area contributed by atoms with Gasteiger partial charge in [-0.05, 0) is 70.8 Å². The number of carbonyl (C=O) groups excluding carboxylic acids is 2. The highest BCUT2D eigenvalue weighted by molar-refractivity contribution is 6.46. The number of Topliss-reactive ketones (excluding diaryl/α,β-unsaturated/α-hetero) is 1.